The fourth-order valence-corrected chi connectivity index (χ4v) is 2.50. The Bertz CT molecular complexity index is 841. The average Bonchev–Trinajstić information content (AvgIpc) is 2.94. The van der Waals surface area contributed by atoms with Crippen LogP contribution in [0.2, 0.25) is 0 Å². The minimum absolute atomic E-state index is 0.421. The molecule has 0 unspecified atom stereocenters. The zero-order chi connectivity index (χ0) is 17.1. The predicted molar refractivity (Wildman–Crippen MR) is 95.1 cm³/mol. The van der Waals surface area contributed by atoms with Crippen molar-refractivity contribution < 1.29 is 4.52 Å². The van der Waals surface area contributed by atoms with E-state index < -0.39 is 0 Å². The normalized spacial score (nSPS) is 10.9. The molecule has 0 bridgehead atoms. The first-order valence-electron chi connectivity index (χ1n) is 7.93. The Kier molecular flexibility index (Phi) is 4.46. The number of nitrogens with one attached hydrogen (secondary N) is 2. The van der Waals surface area contributed by atoms with Gasteiger partial charge in [0.15, 0.2) is 5.82 Å². The van der Waals surface area contributed by atoms with Gasteiger partial charge in [-0.3, -0.25) is 0 Å². The fourth-order valence-electron chi connectivity index (χ4n) is 2.50. The summed E-state index contributed by atoms with van der Waals surface area (Å²) in [6.07, 6.45) is 1.71. The van der Waals surface area contributed by atoms with Crippen LogP contribution in [0, 0.1) is 13.8 Å². The van der Waals surface area contributed by atoms with Gasteiger partial charge in [-0.05, 0) is 37.0 Å². The lowest BCUT2D eigenvalue weighted by Crippen LogP contribution is -2.04. The summed E-state index contributed by atoms with van der Waals surface area (Å²) in [4.78, 5) is 8.72. The van der Waals surface area contributed by atoms with Gasteiger partial charge in [-0.15, -0.1) is 0 Å². The Hall–Kier alpha value is -2.89. The van der Waals surface area contributed by atoms with Gasteiger partial charge in [-0.2, -0.15) is 4.98 Å². The molecule has 0 atom stereocenters. The van der Waals surface area contributed by atoms with Gasteiger partial charge in [-0.1, -0.05) is 37.2 Å². The molecule has 0 fully saturated rings. The molecule has 24 heavy (non-hydrogen) atoms. The lowest BCUT2D eigenvalue weighted by atomic mass is 9.98. The number of benzene rings is 1. The minimum atomic E-state index is 0.421. The van der Waals surface area contributed by atoms with Crippen LogP contribution in [0.15, 0.2) is 41.1 Å². The number of aromatic nitrogens is 3. The number of hydrogen-bond acceptors (Lipinski definition) is 6. The van der Waals surface area contributed by atoms with E-state index >= 15 is 0 Å². The van der Waals surface area contributed by atoms with Gasteiger partial charge in [0.2, 0.25) is 5.95 Å². The lowest BCUT2D eigenvalue weighted by Gasteiger charge is -2.17. The predicted octanol–water partition coefficient (Wildman–Crippen LogP) is 4.69. The molecule has 0 saturated heterocycles. The third-order valence-corrected chi connectivity index (χ3v) is 3.70. The van der Waals surface area contributed by atoms with E-state index in [0.717, 1.165) is 17.3 Å². The SMILES string of the molecule is Cc1cc(Nc2nccc(Nc3c(C)cccc3C(C)C)n2)no1. The molecule has 0 amide bonds. The maximum absolute atomic E-state index is 5.04. The molecular weight excluding hydrogens is 302 g/mol. The van der Waals surface area contributed by atoms with Crippen molar-refractivity contribution in [3.05, 3.63) is 53.4 Å². The van der Waals surface area contributed by atoms with Gasteiger partial charge >= 0.3 is 0 Å². The molecule has 0 aliphatic carbocycles. The summed E-state index contributed by atoms with van der Waals surface area (Å²) in [6, 6.07) is 9.94. The van der Waals surface area contributed by atoms with Crippen molar-refractivity contribution in [3.8, 4) is 0 Å². The second-order valence-electron chi connectivity index (χ2n) is 6.03. The lowest BCUT2D eigenvalue weighted by molar-refractivity contribution is 0.400. The highest BCUT2D eigenvalue weighted by atomic mass is 16.5. The molecule has 6 nitrogen and oxygen atoms in total. The first-order chi connectivity index (χ1) is 11.5. The molecule has 0 aliphatic rings. The van der Waals surface area contributed by atoms with Crippen LogP contribution in [0.5, 0.6) is 0 Å². The van der Waals surface area contributed by atoms with E-state index in [1.165, 1.54) is 11.1 Å². The molecule has 1 aromatic carbocycles. The van der Waals surface area contributed by atoms with Crippen molar-refractivity contribution in [2.45, 2.75) is 33.6 Å². The molecule has 124 valence electrons. The van der Waals surface area contributed by atoms with Crippen LogP contribution in [0.4, 0.5) is 23.3 Å². The van der Waals surface area contributed by atoms with E-state index in [1.54, 1.807) is 12.3 Å². The highest BCUT2D eigenvalue weighted by Crippen LogP contribution is 2.29. The van der Waals surface area contributed by atoms with Crippen molar-refractivity contribution >= 4 is 23.3 Å². The van der Waals surface area contributed by atoms with Crippen molar-refractivity contribution in [2.24, 2.45) is 0 Å². The van der Waals surface area contributed by atoms with Gasteiger partial charge in [0.25, 0.3) is 0 Å². The van der Waals surface area contributed by atoms with Crippen molar-refractivity contribution in [3.63, 3.8) is 0 Å². The number of anilines is 4. The van der Waals surface area contributed by atoms with Crippen LogP contribution in [-0.4, -0.2) is 15.1 Å². The second-order valence-corrected chi connectivity index (χ2v) is 6.03. The van der Waals surface area contributed by atoms with Crippen LogP contribution in [0.1, 0.15) is 36.7 Å². The monoisotopic (exact) mass is 323 g/mol. The number of para-hydroxylation sites is 1. The molecular formula is C18H21N5O. The standard InChI is InChI=1S/C18H21N5O/c1-11(2)14-7-5-6-12(3)17(14)20-15-8-9-19-18(21-15)22-16-10-13(4)24-23-16/h5-11H,1-4H3,(H2,19,20,21,22,23). The van der Waals surface area contributed by atoms with Gasteiger partial charge in [0, 0.05) is 18.0 Å². The molecule has 2 aromatic heterocycles. The van der Waals surface area contributed by atoms with Crippen molar-refractivity contribution in [1.29, 1.82) is 0 Å². The molecule has 6 heteroatoms. The highest BCUT2D eigenvalue weighted by Gasteiger charge is 2.10. The molecule has 0 aliphatic heterocycles. The first-order valence-corrected chi connectivity index (χ1v) is 7.93. The Balaban J connectivity index is 1.85. The summed E-state index contributed by atoms with van der Waals surface area (Å²) < 4.78 is 5.04. The molecule has 2 heterocycles. The molecule has 0 radical (unpaired) electrons. The van der Waals surface area contributed by atoms with Crippen LogP contribution < -0.4 is 10.6 Å². The molecule has 3 aromatic rings. The molecule has 0 saturated carbocycles. The summed E-state index contributed by atoms with van der Waals surface area (Å²) in [5.41, 5.74) is 3.53. The molecule has 0 spiro atoms. The molecule has 2 N–H and O–H groups in total. The summed E-state index contributed by atoms with van der Waals surface area (Å²) in [6.45, 7) is 8.29. The highest BCUT2D eigenvalue weighted by molar-refractivity contribution is 5.66. The van der Waals surface area contributed by atoms with E-state index in [-0.39, 0.29) is 0 Å². The van der Waals surface area contributed by atoms with E-state index in [2.05, 4.69) is 64.7 Å². The van der Waals surface area contributed by atoms with Gasteiger partial charge in [-0.25, -0.2) is 4.98 Å². The van der Waals surface area contributed by atoms with Crippen LogP contribution >= 0.6 is 0 Å². The largest absolute Gasteiger partial charge is 0.360 e. The van der Waals surface area contributed by atoms with E-state index in [9.17, 15) is 0 Å². The van der Waals surface area contributed by atoms with Crippen molar-refractivity contribution in [2.75, 3.05) is 10.6 Å². The summed E-state index contributed by atoms with van der Waals surface area (Å²) in [7, 11) is 0. The number of hydrogen-bond donors (Lipinski definition) is 2. The third kappa shape index (κ3) is 3.53. The Morgan fingerprint density at radius 3 is 2.58 bits per heavy atom. The number of aryl methyl sites for hydroxylation is 2. The number of rotatable bonds is 5. The van der Waals surface area contributed by atoms with Gasteiger partial charge < -0.3 is 15.2 Å². The van der Waals surface area contributed by atoms with E-state index in [1.807, 2.05) is 13.0 Å². The summed E-state index contributed by atoms with van der Waals surface area (Å²) in [5, 5.41) is 10.3. The van der Waals surface area contributed by atoms with Gasteiger partial charge in [0.05, 0.1) is 0 Å². The third-order valence-electron chi connectivity index (χ3n) is 3.70. The smallest absolute Gasteiger partial charge is 0.230 e. The fraction of sp³-hybridized carbons (Fsp3) is 0.278. The Morgan fingerprint density at radius 2 is 1.88 bits per heavy atom. The first kappa shape index (κ1) is 16.0. The zero-order valence-electron chi connectivity index (χ0n) is 14.3. The van der Waals surface area contributed by atoms with Crippen molar-refractivity contribution in [1.82, 2.24) is 15.1 Å². The Labute approximate surface area is 141 Å². The second kappa shape index (κ2) is 6.70. The maximum atomic E-state index is 5.04. The Morgan fingerprint density at radius 1 is 1.04 bits per heavy atom. The van der Waals surface area contributed by atoms with Crippen LogP contribution in [0.25, 0.3) is 0 Å². The maximum Gasteiger partial charge on any atom is 0.230 e. The van der Waals surface area contributed by atoms with E-state index in [0.29, 0.717) is 17.7 Å². The summed E-state index contributed by atoms with van der Waals surface area (Å²) >= 11 is 0. The topological polar surface area (TPSA) is 75.9 Å². The number of nitrogens with zero attached hydrogens (tertiary/aromatic N) is 3. The zero-order valence-corrected chi connectivity index (χ0v) is 14.3. The minimum Gasteiger partial charge on any atom is -0.360 e. The van der Waals surface area contributed by atoms with Crippen LogP contribution in [0.3, 0.4) is 0 Å². The summed E-state index contributed by atoms with van der Waals surface area (Å²) in [5.74, 6) is 2.93. The van der Waals surface area contributed by atoms with E-state index in [4.69, 9.17) is 4.52 Å². The van der Waals surface area contributed by atoms with Gasteiger partial charge in [0.1, 0.15) is 11.6 Å². The quantitative estimate of drug-likeness (QED) is 0.709. The molecule has 3 rings (SSSR count). The average molecular weight is 323 g/mol. The van der Waals surface area contributed by atoms with Crippen LogP contribution in [-0.2, 0) is 0 Å².